The first kappa shape index (κ1) is 13.3. The Balaban J connectivity index is 2.09. The first-order valence-corrected chi connectivity index (χ1v) is 6.43. The summed E-state index contributed by atoms with van der Waals surface area (Å²) in [6.45, 7) is 4.29. The Bertz CT molecular complexity index is 341. The summed E-state index contributed by atoms with van der Waals surface area (Å²) in [5.41, 5.74) is -0.766. The standard InChI is InChI=1S/C12H21N3O3/c1-12(9-4-3-5-13-8-9)10(16)15(6-7-18-2)11(17)14-12/h9,13H,3-8H2,1-2H3,(H,14,17). The summed E-state index contributed by atoms with van der Waals surface area (Å²) in [5, 5.41) is 6.13. The smallest absolute Gasteiger partial charge is 0.325 e. The van der Waals surface area contributed by atoms with Gasteiger partial charge in [-0.15, -0.1) is 0 Å². The predicted molar refractivity (Wildman–Crippen MR) is 66.1 cm³/mol. The Morgan fingerprint density at radius 2 is 2.28 bits per heavy atom. The van der Waals surface area contributed by atoms with Crippen LogP contribution in [0.2, 0.25) is 0 Å². The van der Waals surface area contributed by atoms with Gasteiger partial charge in [-0.3, -0.25) is 9.69 Å². The summed E-state index contributed by atoms with van der Waals surface area (Å²) in [5.74, 6) is 0.0356. The molecule has 2 saturated heterocycles. The van der Waals surface area contributed by atoms with Crippen LogP contribution in [0.5, 0.6) is 0 Å². The number of carbonyl (C=O) groups excluding carboxylic acids is 2. The molecule has 2 fully saturated rings. The number of amides is 3. The van der Waals surface area contributed by atoms with E-state index in [0.29, 0.717) is 13.2 Å². The number of piperidine rings is 1. The largest absolute Gasteiger partial charge is 0.383 e. The van der Waals surface area contributed by atoms with E-state index < -0.39 is 5.54 Å². The Kier molecular flexibility index (Phi) is 3.87. The summed E-state index contributed by atoms with van der Waals surface area (Å²) in [6, 6.07) is -0.301. The first-order chi connectivity index (χ1) is 8.59. The van der Waals surface area contributed by atoms with E-state index in [4.69, 9.17) is 4.74 Å². The minimum Gasteiger partial charge on any atom is -0.383 e. The van der Waals surface area contributed by atoms with Crippen molar-refractivity contribution in [2.45, 2.75) is 25.3 Å². The molecule has 0 aromatic rings. The molecule has 2 heterocycles. The summed E-state index contributed by atoms with van der Waals surface area (Å²) < 4.78 is 4.93. The van der Waals surface area contributed by atoms with E-state index in [1.807, 2.05) is 6.92 Å². The van der Waals surface area contributed by atoms with Crippen LogP contribution in [0.3, 0.4) is 0 Å². The third-order valence-electron chi connectivity index (χ3n) is 3.93. The van der Waals surface area contributed by atoms with Gasteiger partial charge in [0.2, 0.25) is 0 Å². The first-order valence-electron chi connectivity index (χ1n) is 6.43. The van der Waals surface area contributed by atoms with E-state index in [-0.39, 0.29) is 17.9 Å². The van der Waals surface area contributed by atoms with Crippen LogP contribution < -0.4 is 10.6 Å². The second-order valence-electron chi connectivity index (χ2n) is 5.13. The van der Waals surface area contributed by atoms with Crippen molar-refractivity contribution in [3.63, 3.8) is 0 Å². The third kappa shape index (κ3) is 2.22. The average molecular weight is 255 g/mol. The van der Waals surface area contributed by atoms with Crippen LogP contribution >= 0.6 is 0 Å². The monoisotopic (exact) mass is 255 g/mol. The molecule has 2 aliphatic rings. The summed E-state index contributed by atoms with van der Waals surface area (Å²) >= 11 is 0. The summed E-state index contributed by atoms with van der Waals surface area (Å²) in [7, 11) is 1.56. The maximum atomic E-state index is 12.4. The molecule has 6 heteroatoms. The summed E-state index contributed by atoms with van der Waals surface area (Å²) in [4.78, 5) is 25.5. The van der Waals surface area contributed by atoms with Crippen LogP contribution in [0, 0.1) is 5.92 Å². The number of hydrogen-bond donors (Lipinski definition) is 2. The van der Waals surface area contributed by atoms with Gasteiger partial charge in [-0.05, 0) is 26.3 Å². The van der Waals surface area contributed by atoms with Crippen LogP contribution in [0.25, 0.3) is 0 Å². The van der Waals surface area contributed by atoms with E-state index in [1.165, 1.54) is 4.90 Å². The number of carbonyl (C=O) groups is 2. The number of imide groups is 1. The van der Waals surface area contributed by atoms with Gasteiger partial charge >= 0.3 is 6.03 Å². The lowest BCUT2D eigenvalue weighted by Crippen LogP contribution is -2.55. The van der Waals surface area contributed by atoms with Crippen molar-refractivity contribution in [2.75, 3.05) is 33.4 Å². The van der Waals surface area contributed by atoms with Crippen molar-refractivity contribution < 1.29 is 14.3 Å². The zero-order valence-electron chi connectivity index (χ0n) is 11.0. The van der Waals surface area contributed by atoms with Gasteiger partial charge in [-0.25, -0.2) is 4.79 Å². The molecule has 102 valence electrons. The van der Waals surface area contributed by atoms with E-state index in [2.05, 4.69) is 10.6 Å². The topological polar surface area (TPSA) is 70.7 Å². The fraction of sp³-hybridized carbons (Fsp3) is 0.833. The second kappa shape index (κ2) is 5.24. The van der Waals surface area contributed by atoms with Gasteiger partial charge in [0.1, 0.15) is 5.54 Å². The Morgan fingerprint density at radius 1 is 1.50 bits per heavy atom. The molecule has 0 aromatic carbocycles. The average Bonchev–Trinajstić information content (AvgIpc) is 2.60. The Hall–Kier alpha value is -1.14. The van der Waals surface area contributed by atoms with Crippen molar-refractivity contribution in [1.29, 1.82) is 0 Å². The molecule has 2 unspecified atom stereocenters. The fourth-order valence-electron chi connectivity index (χ4n) is 2.72. The molecule has 2 atom stereocenters. The minimum absolute atomic E-state index is 0.127. The van der Waals surface area contributed by atoms with Gasteiger partial charge in [-0.2, -0.15) is 0 Å². The lowest BCUT2D eigenvalue weighted by molar-refractivity contribution is -0.133. The summed E-state index contributed by atoms with van der Waals surface area (Å²) in [6.07, 6.45) is 2.01. The lowest BCUT2D eigenvalue weighted by atomic mass is 9.80. The highest BCUT2D eigenvalue weighted by atomic mass is 16.5. The number of methoxy groups -OCH3 is 1. The zero-order chi connectivity index (χ0) is 13.2. The zero-order valence-corrected chi connectivity index (χ0v) is 11.0. The Morgan fingerprint density at radius 3 is 2.89 bits per heavy atom. The van der Waals surface area contributed by atoms with Gasteiger partial charge in [-0.1, -0.05) is 0 Å². The quantitative estimate of drug-likeness (QED) is 0.691. The number of ether oxygens (including phenoxy) is 1. The molecule has 6 nitrogen and oxygen atoms in total. The van der Waals surface area contributed by atoms with Crippen molar-refractivity contribution in [3.05, 3.63) is 0 Å². The number of urea groups is 1. The molecule has 3 amide bonds. The van der Waals surface area contributed by atoms with Crippen molar-refractivity contribution in [2.24, 2.45) is 5.92 Å². The van der Waals surface area contributed by atoms with Gasteiger partial charge in [0.25, 0.3) is 5.91 Å². The SMILES string of the molecule is COCCN1C(=O)NC(C)(C2CCCNC2)C1=O. The maximum Gasteiger partial charge on any atom is 0.325 e. The minimum atomic E-state index is -0.766. The van der Waals surface area contributed by atoms with Crippen molar-refractivity contribution in [1.82, 2.24) is 15.5 Å². The molecular weight excluding hydrogens is 234 g/mol. The predicted octanol–water partition coefficient (Wildman–Crippen LogP) is -0.0571. The van der Waals surface area contributed by atoms with Gasteiger partial charge in [0.15, 0.2) is 0 Å². The molecule has 2 N–H and O–H groups in total. The third-order valence-corrected chi connectivity index (χ3v) is 3.93. The van der Waals surface area contributed by atoms with E-state index in [1.54, 1.807) is 7.11 Å². The molecule has 0 bridgehead atoms. The van der Waals surface area contributed by atoms with Gasteiger partial charge in [0, 0.05) is 19.6 Å². The van der Waals surface area contributed by atoms with Gasteiger partial charge < -0.3 is 15.4 Å². The van der Waals surface area contributed by atoms with Crippen molar-refractivity contribution in [3.8, 4) is 0 Å². The van der Waals surface area contributed by atoms with E-state index >= 15 is 0 Å². The molecule has 0 radical (unpaired) electrons. The Labute approximate surface area is 107 Å². The van der Waals surface area contributed by atoms with Crippen LogP contribution in [0.15, 0.2) is 0 Å². The van der Waals surface area contributed by atoms with Crippen LogP contribution in [-0.4, -0.2) is 55.7 Å². The van der Waals surface area contributed by atoms with Crippen LogP contribution in [0.1, 0.15) is 19.8 Å². The van der Waals surface area contributed by atoms with Crippen LogP contribution in [0.4, 0.5) is 4.79 Å². The highest BCUT2D eigenvalue weighted by Crippen LogP contribution is 2.30. The lowest BCUT2D eigenvalue weighted by Gasteiger charge is -2.34. The van der Waals surface area contributed by atoms with E-state index in [9.17, 15) is 9.59 Å². The van der Waals surface area contributed by atoms with Gasteiger partial charge in [0.05, 0.1) is 13.2 Å². The molecule has 2 aliphatic heterocycles. The molecule has 0 saturated carbocycles. The molecule has 0 aliphatic carbocycles. The van der Waals surface area contributed by atoms with Crippen LogP contribution in [-0.2, 0) is 9.53 Å². The second-order valence-corrected chi connectivity index (χ2v) is 5.13. The highest BCUT2D eigenvalue weighted by Gasteiger charge is 2.52. The molecule has 0 aromatic heterocycles. The number of nitrogens with zero attached hydrogens (tertiary/aromatic N) is 1. The number of hydrogen-bond acceptors (Lipinski definition) is 4. The molecule has 2 rings (SSSR count). The normalized spacial score (nSPS) is 32.8. The van der Waals surface area contributed by atoms with E-state index in [0.717, 1.165) is 25.9 Å². The molecule has 18 heavy (non-hydrogen) atoms. The maximum absolute atomic E-state index is 12.4. The number of nitrogens with one attached hydrogen (secondary N) is 2. The highest BCUT2D eigenvalue weighted by molar-refractivity contribution is 6.07. The fourth-order valence-corrected chi connectivity index (χ4v) is 2.72. The molecular formula is C12H21N3O3. The molecule has 0 spiro atoms. The number of rotatable bonds is 4. The van der Waals surface area contributed by atoms with Crippen molar-refractivity contribution >= 4 is 11.9 Å².